The molecular weight excluding hydrogens is 242 g/mol. The molecule has 1 amide bonds. The quantitative estimate of drug-likeness (QED) is 0.224. The Kier molecular flexibility index (Phi) is 7.25. The third-order valence-electron chi connectivity index (χ3n) is 3.31. The second-order valence-corrected chi connectivity index (χ2v) is 4.98. The SMILES string of the molecule is CCCCN=C(NN)NC(C)C(=O)N1CCCCC1. The molecule has 4 N–H and O–H groups in total. The summed E-state index contributed by atoms with van der Waals surface area (Å²) in [6.07, 6.45) is 5.53. The fraction of sp³-hybridized carbons (Fsp3) is 0.846. The number of hydrogen-bond acceptors (Lipinski definition) is 3. The molecule has 0 bridgehead atoms. The van der Waals surface area contributed by atoms with E-state index in [2.05, 4.69) is 22.7 Å². The monoisotopic (exact) mass is 269 g/mol. The number of aliphatic imine (C=N–C) groups is 1. The van der Waals surface area contributed by atoms with Crippen LogP contribution in [0.25, 0.3) is 0 Å². The van der Waals surface area contributed by atoms with E-state index >= 15 is 0 Å². The summed E-state index contributed by atoms with van der Waals surface area (Å²) >= 11 is 0. The average Bonchev–Trinajstić information content (AvgIpc) is 2.46. The topological polar surface area (TPSA) is 82.7 Å². The van der Waals surface area contributed by atoms with Gasteiger partial charge in [0.2, 0.25) is 11.9 Å². The molecule has 0 aliphatic carbocycles. The number of nitrogens with one attached hydrogen (secondary N) is 2. The van der Waals surface area contributed by atoms with E-state index in [1.54, 1.807) is 0 Å². The normalized spacial score (nSPS) is 18.1. The van der Waals surface area contributed by atoms with Crippen molar-refractivity contribution in [3.8, 4) is 0 Å². The summed E-state index contributed by atoms with van der Waals surface area (Å²) in [5.41, 5.74) is 2.52. The zero-order valence-electron chi connectivity index (χ0n) is 12.1. The van der Waals surface area contributed by atoms with E-state index in [0.717, 1.165) is 38.8 Å². The van der Waals surface area contributed by atoms with Crippen LogP contribution in [0.2, 0.25) is 0 Å². The molecule has 0 saturated carbocycles. The van der Waals surface area contributed by atoms with Gasteiger partial charge in [0.25, 0.3) is 0 Å². The van der Waals surface area contributed by atoms with E-state index < -0.39 is 0 Å². The number of piperidine rings is 1. The third-order valence-corrected chi connectivity index (χ3v) is 3.31. The number of nitrogens with two attached hydrogens (primary N) is 1. The Hall–Kier alpha value is -1.30. The Morgan fingerprint density at radius 1 is 1.37 bits per heavy atom. The van der Waals surface area contributed by atoms with Gasteiger partial charge in [-0.05, 0) is 32.6 Å². The van der Waals surface area contributed by atoms with Crippen molar-refractivity contribution in [2.24, 2.45) is 10.8 Å². The predicted molar refractivity (Wildman–Crippen MR) is 77.6 cm³/mol. The van der Waals surface area contributed by atoms with Crippen molar-refractivity contribution in [2.75, 3.05) is 19.6 Å². The minimum atomic E-state index is -0.297. The van der Waals surface area contributed by atoms with E-state index in [-0.39, 0.29) is 11.9 Å². The highest BCUT2D eigenvalue weighted by Gasteiger charge is 2.22. The number of likely N-dealkylation sites (tertiary alicyclic amines) is 1. The Morgan fingerprint density at radius 3 is 2.63 bits per heavy atom. The van der Waals surface area contributed by atoms with Crippen LogP contribution in [0.1, 0.15) is 46.0 Å². The molecule has 19 heavy (non-hydrogen) atoms. The van der Waals surface area contributed by atoms with Crippen LogP contribution in [0.4, 0.5) is 0 Å². The lowest BCUT2D eigenvalue weighted by Crippen LogP contribution is -2.52. The summed E-state index contributed by atoms with van der Waals surface area (Å²) in [5.74, 6) is 6.03. The number of unbranched alkanes of at least 4 members (excludes halogenated alkanes) is 1. The highest BCUT2D eigenvalue weighted by atomic mass is 16.2. The van der Waals surface area contributed by atoms with Crippen molar-refractivity contribution in [3.05, 3.63) is 0 Å². The molecule has 1 rings (SSSR count). The molecule has 6 nitrogen and oxygen atoms in total. The molecule has 6 heteroatoms. The molecular formula is C13H27N5O. The number of carbonyl (C=O) groups excluding carboxylic acids is 1. The minimum Gasteiger partial charge on any atom is -0.344 e. The maximum atomic E-state index is 12.2. The van der Waals surface area contributed by atoms with E-state index in [1.165, 1.54) is 6.42 Å². The summed E-state index contributed by atoms with van der Waals surface area (Å²) in [6.45, 7) is 6.41. The zero-order chi connectivity index (χ0) is 14.1. The average molecular weight is 269 g/mol. The summed E-state index contributed by atoms with van der Waals surface area (Å²) in [7, 11) is 0. The van der Waals surface area contributed by atoms with Crippen LogP contribution in [0.3, 0.4) is 0 Å². The molecule has 1 heterocycles. The Morgan fingerprint density at radius 2 is 2.05 bits per heavy atom. The maximum Gasteiger partial charge on any atom is 0.244 e. The van der Waals surface area contributed by atoms with Gasteiger partial charge in [0.05, 0.1) is 0 Å². The van der Waals surface area contributed by atoms with Crippen molar-refractivity contribution in [1.29, 1.82) is 0 Å². The van der Waals surface area contributed by atoms with Gasteiger partial charge in [-0.2, -0.15) is 0 Å². The fourth-order valence-corrected chi connectivity index (χ4v) is 2.14. The van der Waals surface area contributed by atoms with Gasteiger partial charge in [0.1, 0.15) is 6.04 Å². The van der Waals surface area contributed by atoms with Gasteiger partial charge in [-0.25, -0.2) is 5.84 Å². The summed E-state index contributed by atoms with van der Waals surface area (Å²) in [5, 5.41) is 3.05. The highest BCUT2D eigenvalue weighted by Crippen LogP contribution is 2.09. The lowest BCUT2D eigenvalue weighted by atomic mass is 10.1. The first-order valence-corrected chi connectivity index (χ1v) is 7.25. The van der Waals surface area contributed by atoms with E-state index in [0.29, 0.717) is 12.5 Å². The molecule has 0 aromatic heterocycles. The predicted octanol–water partition coefficient (Wildman–Crippen LogP) is 0.596. The molecule has 1 aliphatic heterocycles. The van der Waals surface area contributed by atoms with E-state index in [1.807, 2.05) is 11.8 Å². The van der Waals surface area contributed by atoms with Crippen LogP contribution in [0.5, 0.6) is 0 Å². The molecule has 1 fully saturated rings. The number of guanidine groups is 1. The second kappa shape index (κ2) is 8.74. The maximum absolute atomic E-state index is 12.2. The fourth-order valence-electron chi connectivity index (χ4n) is 2.14. The molecule has 110 valence electrons. The van der Waals surface area contributed by atoms with Gasteiger partial charge in [-0.3, -0.25) is 15.2 Å². The number of rotatable bonds is 5. The summed E-state index contributed by atoms with van der Waals surface area (Å²) in [6, 6.07) is -0.297. The van der Waals surface area contributed by atoms with Crippen LogP contribution in [0, 0.1) is 0 Å². The molecule has 1 unspecified atom stereocenters. The van der Waals surface area contributed by atoms with Gasteiger partial charge < -0.3 is 10.2 Å². The Labute approximate surface area is 115 Å². The Balaban J connectivity index is 2.44. The van der Waals surface area contributed by atoms with Gasteiger partial charge in [-0.15, -0.1) is 0 Å². The van der Waals surface area contributed by atoms with Gasteiger partial charge in [-0.1, -0.05) is 13.3 Å². The first-order valence-electron chi connectivity index (χ1n) is 7.25. The Bertz CT molecular complexity index is 299. The van der Waals surface area contributed by atoms with Gasteiger partial charge in [0, 0.05) is 19.6 Å². The van der Waals surface area contributed by atoms with Crippen LogP contribution >= 0.6 is 0 Å². The summed E-state index contributed by atoms with van der Waals surface area (Å²) in [4.78, 5) is 18.4. The molecule has 0 radical (unpaired) electrons. The second-order valence-electron chi connectivity index (χ2n) is 4.98. The lowest BCUT2D eigenvalue weighted by molar-refractivity contribution is -0.133. The first kappa shape index (κ1) is 15.8. The number of amides is 1. The van der Waals surface area contributed by atoms with Crippen LogP contribution in [0.15, 0.2) is 4.99 Å². The van der Waals surface area contributed by atoms with Crippen molar-refractivity contribution in [1.82, 2.24) is 15.6 Å². The van der Waals surface area contributed by atoms with E-state index in [4.69, 9.17) is 5.84 Å². The molecule has 1 saturated heterocycles. The van der Waals surface area contributed by atoms with Crippen molar-refractivity contribution < 1.29 is 4.79 Å². The largest absolute Gasteiger partial charge is 0.344 e. The van der Waals surface area contributed by atoms with Gasteiger partial charge in [0.15, 0.2) is 0 Å². The molecule has 0 aromatic rings. The smallest absolute Gasteiger partial charge is 0.244 e. The molecule has 0 spiro atoms. The van der Waals surface area contributed by atoms with Crippen molar-refractivity contribution in [3.63, 3.8) is 0 Å². The summed E-state index contributed by atoms with van der Waals surface area (Å²) < 4.78 is 0. The number of hydrogen-bond donors (Lipinski definition) is 3. The molecule has 0 aromatic carbocycles. The third kappa shape index (κ3) is 5.46. The zero-order valence-corrected chi connectivity index (χ0v) is 12.1. The minimum absolute atomic E-state index is 0.123. The van der Waals surface area contributed by atoms with Crippen LogP contribution in [-0.2, 0) is 4.79 Å². The number of carbonyl (C=O) groups is 1. The van der Waals surface area contributed by atoms with Gasteiger partial charge >= 0.3 is 0 Å². The molecule has 1 aliphatic rings. The van der Waals surface area contributed by atoms with Crippen molar-refractivity contribution >= 4 is 11.9 Å². The lowest BCUT2D eigenvalue weighted by Gasteiger charge is -2.29. The first-order chi connectivity index (χ1) is 9.19. The number of hydrazine groups is 1. The van der Waals surface area contributed by atoms with Crippen LogP contribution < -0.4 is 16.6 Å². The van der Waals surface area contributed by atoms with Crippen LogP contribution in [-0.4, -0.2) is 42.4 Å². The molecule has 1 atom stereocenters. The standard InChI is InChI=1S/C13H27N5O/c1-3-4-8-15-13(17-14)16-11(2)12(19)18-9-6-5-7-10-18/h11H,3-10,14H2,1-2H3,(H2,15,16,17). The van der Waals surface area contributed by atoms with E-state index in [9.17, 15) is 4.79 Å². The highest BCUT2D eigenvalue weighted by molar-refractivity contribution is 5.88. The number of nitrogens with zero attached hydrogens (tertiary/aromatic N) is 2. The van der Waals surface area contributed by atoms with Crippen molar-refractivity contribution in [2.45, 2.75) is 52.0 Å².